The molecule has 0 bridgehead atoms. The number of hydrogen-bond acceptors (Lipinski definition) is 6. The van der Waals surface area contributed by atoms with Gasteiger partial charge in [-0.15, -0.1) is 0 Å². The van der Waals surface area contributed by atoms with Gasteiger partial charge in [-0.25, -0.2) is 0 Å². The van der Waals surface area contributed by atoms with E-state index in [9.17, 15) is 18.6 Å². The van der Waals surface area contributed by atoms with Gasteiger partial charge in [0.15, 0.2) is 0 Å². The van der Waals surface area contributed by atoms with Crippen LogP contribution in [0.2, 0.25) is 0 Å². The Kier molecular flexibility index (Phi) is 7.14. The quantitative estimate of drug-likeness (QED) is 0.325. The van der Waals surface area contributed by atoms with Gasteiger partial charge >= 0.3 is 10.1 Å². The molecule has 0 aliphatic carbocycles. The van der Waals surface area contributed by atoms with Crippen molar-refractivity contribution < 1.29 is 28.3 Å². The van der Waals surface area contributed by atoms with Crippen molar-refractivity contribution in [3.63, 3.8) is 0 Å². The van der Waals surface area contributed by atoms with Crippen LogP contribution in [0.3, 0.4) is 0 Å². The third kappa shape index (κ3) is 5.75. The minimum Gasteiger partial charge on any atom is -0.395 e. The maximum Gasteiger partial charge on any atom is 0.306 e. The van der Waals surface area contributed by atoms with E-state index < -0.39 is 21.7 Å². The van der Waals surface area contributed by atoms with Crippen LogP contribution in [0.25, 0.3) is 0 Å². The standard InChI is InChI=1S/C9H21NO6S/c1-7(2)5-8(6-12)10(3-4-11)9(13)17(14,15)16/h7-9,11-13H,3-6H2,1-2H3,(H,14,15,16). The van der Waals surface area contributed by atoms with Gasteiger partial charge in [-0.1, -0.05) is 13.8 Å². The zero-order valence-electron chi connectivity index (χ0n) is 10.0. The molecule has 2 atom stereocenters. The van der Waals surface area contributed by atoms with Gasteiger partial charge in [-0.05, 0) is 12.3 Å². The molecule has 0 fully saturated rings. The Morgan fingerprint density at radius 3 is 2.06 bits per heavy atom. The van der Waals surface area contributed by atoms with Crippen molar-refractivity contribution in [2.24, 2.45) is 5.92 Å². The number of hydrogen-bond donors (Lipinski definition) is 4. The van der Waals surface area contributed by atoms with Crippen molar-refractivity contribution in [3.05, 3.63) is 0 Å². The van der Waals surface area contributed by atoms with Crippen molar-refractivity contribution >= 4 is 10.1 Å². The SMILES string of the molecule is CC(C)CC(CO)N(CCO)C(O)S(=O)(=O)O. The fourth-order valence-corrected chi connectivity index (χ4v) is 2.24. The van der Waals surface area contributed by atoms with Crippen LogP contribution in [0.15, 0.2) is 0 Å². The second kappa shape index (κ2) is 7.24. The van der Waals surface area contributed by atoms with E-state index in [1.165, 1.54) is 0 Å². The molecule has 7 nitrogen and oxygen atoms in total. The van der Waals surface area contributed by atoms with Crippen LogP contribution in [-0.2, 0) is 10.1 Å². The molecule has 0 aromatic heterocycles. The van der Waals surface area contributed by atoms with Crippen molar-refractivity contribution in [1.82, 2.24) is 4.90 Å². The van der Waals surface area contributed by atoms with Crippen LogP contribution in [0.4, 0.5) is 0 Å². The van der Waals surface area contributed by atoms with Gasteiger partial charge in [0.2, 0.25) is 5.56 Å². The van der Waals surface area contributed by atoms with Gasteiger partial charge in [0.1, 0.15) is 0 Å². The average molecular weight is 271 g/mol. The van der Waals surface area contributed by atoms with Crippen LogP contribution in [0, 0.1) is 5.92 Å². The van der Waals surface area contributed by atoms with E-state index in [-0.39, 0.29) is 25.7 Å². The Morgan fingerprint density at radius 1 is 1.24 bits per heavy atom. The molecule has 0 radical (unpaired) electrons. The Morgan fingerprint density at radius 2 is 1.76 bits per heavy atom. The fraction of sp³-hybridized carbons (Fsp3) is 1.00. The van der Waals surface area contributed by atoms with Gasteiger partial charge in [-0.2, -0.15) is 8.42 Å². The molecule has 0 amide bonds. The monoisotopic (exact) mass is 271 g/mol. The van der Waals surface area contributed by atoms with Crippen molar-refractivity contribution in [2.45, 2.75) is 31.9 Å². The molecule has 104 valence electrons. The van der Waals surface area contributed by atoms with E-state index >= 15 is 0 Å². The number of nitrogens with zero attached hydrogens (tertiary/aromatic N) is 1. The predicted octanol–water partition coefficient (Wildman–Crippen LogP) is -1.15. The van der Waals surface area contributed by atoms with Gasteiger partial charge in [-0.3, -0.25) is 9.45 Å². The number of aliphatic hydroxyl groups is 3. The van der Waals surface area contributed by atoms with Crippen LogP contribution >= 0.6 is 0 Å². The molecule has 0 heterocycles. The minimum atomic E-state index is -4.66. The molecular formula is C9H21NO6S. The van der Waals surface area contributed by atoms with E-state index in [1.807, 2.05) is 13.8 Å². The lowest BCUT2D eigenvalue weighted by Gasteiger charge is -2.33. The van der Waals surface area contributed by atoms with Crippen LogP contribution in [0.5, 0.6) is 0 Å². The van der Waals surface area contributed by atoms with Gasteiger partial charge < -0.3 is 15.3 Å². The second-order valence-electron chi connectivity index (χ2n) is 4.27. The van der Waals surface area contributed by atoms with E-state index in [0.717, 1.165) is 4.90 Å². The molecule has 0 saturated carbocycles. The topological polar surface area (TPSA) is 118 Å². The van der Waals surface area contributed by atoms with Crippen molar-refractivity contribution in [1.29, 1.82) is 0 Å². The largest absolute Gasteiger partial charge is 0.395 e. The highest BCUT2D eigenvalue weighted by Gasteiger charge is 2.32. The number of aliphatic hydroxyl groups excluding tert-OH is 3. The first kappa shape index (κ1) is 16.8. The van der Waals surface area contributed by atoms with E-state index in [1.54, 1.807) is 0 Å². The summed E-state index contributed by atoms with van der Waals surface area (Å²) in [5.74, 6) is 0.168. The lowest BCUT2D eigenvalue weighted by atomic mass is 10.0. The van der Waals surface area contributed by atoms with Crippen LogP contribution < -0.4 is 0 Å². The molecule has 0 aliphatic heterocycles. The Balaban J connectivity index is 4.91. The first-order valence-corrected chi connectivity index (χ1v) is 6.86. The fourth-order valence-electron chi connectivity index (χ4n) is 1.62. The zero-order chi connectivity index (χ0) is 13.6. The summed E-state index contributed by atoms with van der Waals surface area (Å²) in [5.41, 5.74) is -2.13. The Labute approximate surface area is 101 Å². The molecule has 17 heavy (non-hydrogen) atoms. The first-order valence-electron chi connectivity index (χ1n) is 5.35. The van der Waals surface area contributed by atoms with Crippen LogP contribution in [0.1, 0.15) is 20.3 Å². The van der Waals surface area contributed by atoms with Gasteiger partial charge in [0, 0.05) is 12.6 Å². The highest BCUT2D eigenvalue weighted by atomic mass is 32.2. The molecule has 0 aromatic carbocycles. The lowest BCUT2D eigenvalue weighted by Crippen LogP contribution is -2.50. The minimum absolute atomic E-state index is 0.154. The zero-order valence-corrected chi connectivity index (χ0v) is 10.8. The number of rotatable bonds is 8. The van der Waals surface area contributed by atoms with Gasteiger partial charge in [0.05, 0.1) is 13.2 Å². The summed E-state index contributed by atoms with van der Waals surface area (Å²) in [6.45, 7) is 2.84. The Bertz CT molecular complexity index is 305. The Hall–Kier alpha value is -0.250. The second-order valence-corrected chi connectivity index (χ2v) is 5.72. The molecule has 0 spiro atoms. The summed E-state index contributed by atoms with van der Waals surface area (Å²) in [4.78, 5) is 0.968. The van der Waals surface area contributed by atoms with E-state index in [4.69, 9.17) is 9.66 Å². The van der Waals surface area contributed by atoms with Gasteiger partial charge in [0.25, 0.3) is 0 Å². The first-order chi connectivity index (χ1) is 7.73. The van der Waals surface area contributed by atoms with Crippen LogP contribution in [-0.4, -0.2) is 64.6 Å². The van der Waals surface area contributed by atoms with E-state index in [2.05, 4.69) is 0 Å². The molecule has 0 aliphatic rings. The predicted molar refractivity (Wildman–Crippen MR) is 61.7 cm³/mol. The summed E-state index contributed by atoms with van der Waals surface area (Å²) < 4.78 is 30.5. The van der Waals surface area contributed by atoms with E-state index in [0.29, 0.717) is 6.42 Å². The van der Waals surface area contributed by atoms with Crippen molar-refractivity contribution in [3.8, 4) is 0 Å². The summed E-state index contributed by atoms with van der Waals surface area (Å²) in [5, 5.41) is 27.5. The molecule has 0 rings (SSSR count). The lowest BCUT2D eigenvalue weighted by molar-refractivity contribution is -0.0100. The summed E-state index contributed by atoms with van der Waals surface area (Å²) in [6, 6.07) is -0.640. The maximum absolute atomic E-state index is 10.9. The maximum atomic E-state index is 10.9. The summed E-state index contributed by atoms with van der Waals surface area (Å²) in [6.07, 6.45) is 0.434. The smallest absolute Gasteiger partial charge is 0.306 e. The summed E-state index contributed by atoms with van der Waals surface area (Å²) >= 11 is 0. The summed E-state index contributed by atoms with van der Waals surface area (Å²) in [7, 11) is -4.66. The highest BCUT2D eigenvalue weighted by molar-refractivity contribution is 7.86. The molecular weight excluding hydrogens is 250 g/mol. The molecule has 8 heteroatoms. The molecule has 2 unspecified atom stereocenters. The third-order valence-corrected chi connectivity index (χ3v) is 3.14. The highest BCUT2D eigenvalue weighted by Crippen LogP contribution is 2.15. The normalized spacial score (nSPS) is 16.5. The van der Waals surface area contributed by atoms with Crippen molar-refractivity contribution in [2.75, 3.05) is 19.8 Å². The molecule has 4 N–H and O–H groups in total. The molecule has 0 saturated heterocycles. The third-order valence-electron chi connectivity index (χ3n) is 2.33. The molecule has 0 aromatic rings. The average Bonchev–Trinajstić information content (AvgIpc) is 2.20.